The Bertz CT molecular complexity index is 1060. The number of hydrogen-bond donors (Lipinski definition) is 3. The van der Waals surface area contributed by atoms with Gasteiger partial charge < -0.3 is 19.9 Å². The van der Waals surface area contributed by atoms with Gasteiger partial charge in [-0.25, -0.2) is 17.5 Å². The van der Waals surface area contributed by atoms with Gasteiger partial charge in [0.05, 0.1) is 37.2 Å². The number of benzene rings is 2. The summed E-state index contributed by atoms with van der Waals surface area (Å²) in [5.74, 6) is -0.253. The second kappa shape index (κ2) is 10.7. The predicted molar refractivity (Wildman–Crippen MR) is 115 cm³/mol. The lowest BCUT2D eigenvalue weighted by atomic mass is 10.1. The molecule has 172 valence electrons. The van der Waals surface area contributed by atoms with Crippen LogP contribution in [0.5, 0.6) is 5.75 Å². The lowest BCUT2D eigenvalue weighted by molar-refractivity contribution is -0.125. The molecule has 2 aromatic carbocycles. The summed E-state index contributed by atoms with van der Waals surface area (Å²) in [6.07, 6.45) is 1.65. The first-order valence-electron chi connectivity index (χ1n) is 9.93. The predicted octanol–water partition coefficient (Wildman–Crippen LogP) is 1.50. The molecule has 2 aromatic rings. The Labute approximate surface area is 186 Å². The third-order valence-electron chi connectivity index (χ3n) is 4.90. The van der Waals surface area contributed by atoms with Crippen molar-refractivity contribution in [2.45, 2.75) is 36.1 Å². The summed E-state index contributed by atoms with van der Waals surface area (Å²) in [7, 11) is -2.46. The molecule has 3 N–H and O–H groups in total. The van der Waals surface area contributed by atoms with Crippen LogP contribution >= 0.6 is 0 Å². The van der Waals surface area contributed by atoms with Crippen LogP contribution in [0.1, 0.15) is 12.0 Å². The first kappa shape index (κ1) is 23.9. The van der Waals surface area contributed by atoms with Crippen LogP contribution in [-0.4, -0.2) is 51.4 Å². The van der Waals surface area contributed by atoms with E-state index in [4.69, 9.17) is 9.47 Å². The number of aliphatic hydroxyl groups excluding tert-OH is 1. The van der Waals surface area contributed by atoms with E-state index in [1.165, 1.54) is 31.4 Å². The van der Waals surface area contributed by atoms with E-state index in [1.807, 2.05) is 0 Å². The average molecular weight is 465 g/mol. The highest BCUT2D eigenvalue weighted by Crippen LogP contribution is 2.20. The Balaban J connectivity index is 1.59. The highest BCUT2D eigenvalue weighted by Gasteiger charge is 2.31. The zero-order valence-electron chi connectivity index (χ0n) is 17.4. The third kappa shape index (κ3) is 6.36. The van der Waals surface area contributed by atoms with Crippen molar-refractivity contribution in [2.24, 2.45) is 0 Å². The third-order valence-corrected chi connectivity index (χ3v) is 6.35. The molecule has 0 aliphatic carbocycles. The Morgan fingerprint density at radius 3 is 2.62 bits per heavy atom. The number of hydrogen-bond acceptors (Lipinski definition) is 6. The van der Waals surface area contributed by atoms with E-state index < -0.39 is 34.9 Å². The molecular weight excluding hydrogens is 439 g/mol. The minimum Gasteiger partial charge on any atom is -0.497 e. The number of aliphatic hydroxyl groups is 1. The second-order valence-electron chi connectivity index (χ2n) is 7.21. The Morgan fingerprint density at radius 1 is 1.19 bits per heavy atom. The zero-order valence-corrected chi connectivity index (χ0v) is 18.2. The van der Waals surface area contributed by atoms with Crippen LogP contribution < -0.4 is 14.8 Å². The number of ether oxygens (including phenoxy) is 2. The molecule has 0 saturated heterocycles. The molecule has 1 aliphatic rings. The van der Waals surface area contributed by atoms with Crippen molar-refractivity contribution in [1.82, 2.24) is 10.0 Å². The first-order valence-corrected chi connectivity index (χ1v) is 11.4. The van der Waals surface area contributed by atoms with Gasteiger partial charge in [0, 0.05) is 12.6 Å². The Kier molecular flexibility index (Phi) is 7.97. The minimum atomic E-state index is -3.90. The topological polar surface area (TPSA) is 114 Å². The van der Waals surface area contributed by atoms with Crippen molar-refractivity contribution < 1.29 is 32.2 Å². The lowest BCUT2D eigenvalue weighted by Crippen LogP contribution is -2.49. The van der Waals surface area contributed by atoms with Crippen LogP contribution in [0.2, 0.25) is 0 Å². The quantitative estimate of drug-likeness (QED) is 0.485. The number of methoxy groups -OCH3 is 1. The number of rotatable bonds is 9. The fraction of sp³-hybridized carbons (Fsp3) is 0.318. The molecule has 3 atom stereocenters. The highest BCUT2D eigenvalue weighted by molar-refractivity contribution is 7.89. The molecule has 8 nitrogen and oxygen atoms in total. The van der Waals surface area contributed by atoms with Crippen molar-refractivity contribution in [3.05, 3.63) is 72.1 Å². The van der Waals surface area contributed by atoms with Gasteiger partial charge in [0.25, 0.3) is 0 Å². The van der Waals surface area contributed by atoms with Crippen LogP contribution in [0.15, 0.2) is 65.6 Å². The van der Waals surface area contributed by atoms with Gasteiger partial charge in [-0.2, -0.15) is 0 Å². The molecule has 0 bridgehead atoms. The van der Waals surface area contributed by atoms with Gasteiger partial charge in [-0.15, -0.1) is 0 Å². The standard InChI is InChI=1S/C22H25FN2O6S/c1-30-17-3-2-4-19(11-17)32(28,29)25-20-10-9-18(31-21(20)14-26)12-22(27)24-13-15-5-7-16(23)8-6-15/h2-11,18,20-21,25-26H,12-14H2,1H3,(H,24,27)/t18-,20+,21+/m0/s1. The SMILES string of the molecule is COc1cccc(S(=O)(=O)N[C@@H]2C=C[C@@H](CC(=O)NCc3ccc(F)cc3)O[C@@H]2CO)c1. The molecule has 0 unspecified atom stereocenters. The van der Waals surface area contributed by atoms with E-state index in [0.29, 0.717) is 5.75 Å². The van der Waals surface area contributed by atoms with Gasteiger partial charge in [0.1, 0.15) is 17.7 Å². The number of amides is 1. The number of carbonyl (C=O) groups is 1. The number of nitrogens with one attached hydrogen (secondary N) is 2. The zero-order chi connectivity index (χ0) is 23.1. The van der Waals surface area contributed by atoms with E-state index in [-0.39, 0.29) is 29.6 Å². The fourth-order valence-electron chi connectivity index (χ4n) is 3.18. The molecule has 0 spiro atoms. The maximum atomic E-state index is 12.9. The van der Waals surface area contributed by atoms with Crippen LogP contribution in [0, 0.1) is 5.82 Å². The summed E-state index contributed by atoms with van der Waals surface area (Å²) >= 11 is 0. The van der Waals surface area contributed by atoms with E-state index in [1.54, 1.807) is 36.4 Å². The molecule has 1 aliphatic heterocycles. The Morgan fingerprint density at radius 2 is 1.94 bits per heavy atom. The highest BCUT2D eigenvalue weighted by atomic mass is 32.2. The smallest absolute Gasteiger partial charge is 0.241 e. The fourth-order valence-corrected chi connectivity index (χ4v) is 4.44. The molecule has 1 amide bonds. The molecule has 0 saturated carbocycles. The van der Waals surface area contributed by atoms with Gasteiger partial charge in [0.15, 0.2) is 0 Å². The van der Waals surface area contributed by atoms with Crippen molar-refractivity contribution in [3.8, 4) is 5.75 Å². The number of halogens is 1. The van der Waals surface area contributed by atoms with Gasteiger partial charge in [-0.3, -0.25) is 4.79 Å². The average Bonchev–Trinajstić information content (AvgIpc) is 2.79. The molecule has 3 rings (SSSR count). The van der Waals surface area contributed by atoms with E-state index in [2.05, 4.69) is 10.0 Å². The van der Waals surface area contributed by atoms with E-state index in [9.17, 15) is 22.7 Å². The van der Waals surface area contributed by atoms with Crippen LogP contribution in [0.25, 0.3) is 0 Å². The largest absolute Gasteiger partial charge is 0.497 e. The molecule has 0 radical (unpaired) electrons. The van der Waals surface area contributed by atoms with Crippen molar-refractivity contribution in [3.63, 3.8) is 0 Å². The van der Waals surface area contributed by atoms with Crippen LogP contribution in [0.4, 0.5) is 4.39 Å². The molecule has 1 heterocycles. The number of carbonyl (C=O) groups excluding carboxylic acids is 1. The molecule has 0 aromatic heterocycles. The minimum absolute atomic E-state index is 0.0104. The molecule has 10 heteroatoms. The second-order valence-corrected chi connectivity index (χ2v) is 8.93. The lowest BCUT2D eigenvalue weighted by Gasteiger charge is -2.31. The summed E-state index contributed by atoms with van der Waals surface area (Å²) in [5.41, 5.74) is 0.750. The summed E-state index contributed by atoms with van der Waals surface area (Å²) in [4.78, 5) is 12.2. The van der Waals surface area contributed by atoms with Crippen molar-refractivity contribution in [2.75, 3.05) is 13.7 Å². The van der Waals surface area contributed by atoms with Gasteiger partial charge in [-0.05, 0) is 29.8 Å². The summed E-state index contributed by atoms with van der Waals surface area (Å²) < 4.78 is 51.6. The first-order chi connectivity index (χ1) is 15.3. The maximum Gasteiger partial charge on any atom is 0.241 e. The maximum absolute atomic E-state index is 12.9. The summed E-state index contributed by atoms with van der Waals surface area (Å²) in [5, 5.41) is 12.4. The van der Waals surface area contributed by atoms with Crippen LogP contribution in [-0.2, 0) is 26.1 Å². The molecule has 32 heavy (non-hydrogen) atoms. The van der Waals surface area contributed by atoms with Gasteiger partial charge in [0.2, 0.25) is 15.9 Å². The van der Waals surface area contributed by atoms with Gasteiger partial charge in [-0.1, -0.05) is 30.4 Å². The monoisotopic (exact) mass is 464 g/mol. The Hall–Kier alpha value is -2.79. The number of sulfonamides is 1. The summed E-state index contributed by atoms with van der Waals surface area (Å²) in [6.45, 7) is -0.203. The van der Waals surface area contributed by atoms with Gasteiger partial charge >= 0.3 is 0 Å². The normalized spacial score (nSPS) is 20.7. The molecular formula is C22H25FN2O6S. The van der Waals surface area contributed by atoms with E-state index >= 15 is 0 Å². The van der Waals surface area contributed by atoms with Crippen molar-refractivity contribution >= 4 is 15.9 Å². The van der Waals surface area contributed by atoms with Crippen molar-refractivity contribution in [1.29, 1.82) is 0 Å². The van der Waals surface area contributed by atoms with Crippen LogP contribution in [0.3, 0.4) is 0 Å². The molecule has 0 fully saturated rings. The summed E-state index contributed by atoms with van der Waals surface area (Å²) in [6, 6.07) is 11.0. The van der Waals surface area contributed by atoms with E-state index in [0.717, 1.165) is 5.56 Å².